The highest BCUT2D eigenvalue weighted by Gasteiger charge is 2.47. The first-order valence-electron chi connectivity index (χ1n) is 10.5. The van der Waals surface area contributed by atoms with Crippen LogP contribution < -0.4 is 15.0 Å². The number of ether oxygens (including phenoxy) is 1. The molecule has 0 spiro atoms. The SMILES string of the molecule is O=C(NC1CC1)[C@H]1C[NH+]2CC[C@@H]1C[C@@H]2Cn1cc(COc2ccccc2)nn1. The fourth-order valence-electron chi connectivity index (χ4n) is 4.75. The predicted octanol–water partition coefficient (Wildman–Crippen LogP) is 0.429. The molecule has 0 radical (unpaired) electrons. The quantitative estimate of drug-likeness (QED) is 0.728. The van der Waals surface area contributed by atoms with Crippen LogP contribution in [0.3, 0.4) is 0 Å². The zero-order chi connectivity index (χ0) is 18.9. The Labute approximate surface area is 165 Å². The van der Waals surface area contributed by atoms with Crippen LogP contribution in [-0.4, -0.2) is 46.1 Å². The van der Waals surface area contributed by atoms with Crippen molar-refractivity contribution in [3.05, 3.63) is 42.2 Å². The summed E-state index contributed by atoms with van der Waals surface area (Å²) in [6.45, 7) is 3.42. The average Bonchev–Trinajstić information content (AvgIpc) is 3.44. The Morgan fingerprint density at radius 2 is 2.11 bits per heavy atom. The van der Waals surface area contributed by atoms with Crippen LogP contribution in [-0.2, 0) is 17.9 Å². The maximum Gasteiger partial charge on any atom is 0.229 e. The Bertz CT molecular complexity index is 819. The molecular weight excluding hydrogens is 354 g/mol. The number of rotatable bonds is 7. The molecular formula is C21H28N5O2+. The summed E-state index contributed by atoms with van der Waals surface area (Å²) in [4.78, 5) is 14.1. The first-order chi connectivity index (χ1) is 13.7. The number of amides is 1. The highest BCUT2D eigenvalue weighted by Crippen LogP contribution is 2.29. The van der Waals surface area contributed by atoms with Crippen molar-refractivity contribution < 1.29 is 14.4 Å². The molecule has 148 valence electrons. The van der Waals surface area contributed by atoms with Crippen molar-refractivity contribution in [1.29, 1.82) is 0 Å². The number of hydrogen-bond acceptors (Lipinski definition) is 4. The van der Waals surface area contributed by atoms with E-state index in [1.807, 2.05) is 41.2 Å². The smallest absolute Gasteiger partial charge is 0.229 e. The summed E-state index contributed by atoms with van der Waals surface area (Å²) in [6.07, 6.45) is 6.58. The third-order valence-electron chi connectivity index (χ3n) is 6.44. The lowest BCUT2D eigenvalue weighted by molar-refractivity contribution is -0.945. The molecule has 4 aliphatic rings. The molecule has 28 heavy (non-hydrogen) atoms. The molecule has 1 amide bonds. The molecule has 3 aliphatic heterocycles. The van der Waals surface area contributed by atoms with E-state index in [0.717, 1.165) is 43.8 Å². The molecule has 2 N–H and O–H groups in total. The van der Waals surface area contributed by atoms with Crippen LogP contribution in [0, 0.1) is 11.8 Å². The third-order valence-corrected chi connectivity index (χ3v) is 6.44. The van der Waals surface area contributed by atoms with E-state index in [4.69, 9.17) is 4.74 Å². The Kier molecular flexibility index (Phi) is 4.76. The Morgan fingerprint density at radius 3 is 2.86 bits per heavy atom. The molecule has 1 aliphatic carbocycles. The molecule has 2 bridgehead atoms. The number of piperidine rings is 3. The van der Waals surface area contributed by atoms with Crippen LogP contribution in [0.2, 0.25) is 0 Å². The van der Waals surface area contributed by atoms with Crippen LogP contribution in [0.25, 0.3) is 0 Å². The molecule has 4 fully saturated rings. The van der Waals surface area contributed by atoms with Crippen molar-refractivity contribution in [1.82, 2.24) is 20.3 Å². The number of quaternary nitrogens is 1. The van der Waals surface area contributed by atoms with Gasteiger partial charge in [-0.3, -0.25) is 4.79 Å². The van der Waals surface area contributed by atoms with Gasteiger partial charge in [0, 0.05) is 18.9 Å². The van der Waals surface area contributed by atoms with Gasteiger partial charge in [0.1, 0.15) is 24.1 Å². The molecule has 2 aromatic rings. The second-order valence-electron chi connectivity index (χ2n) is 8.52. The van der Waals surface area contributed by atoms with Gasteiger partial charge in [-0.1, -0.05) is 23.4 Å². The molecule has 1 unspecified atom stereocenters. The number of carbonyl (C=O) groups excluding carboxylic acids is 1. The number of benzene rings is 1. The highest BCUT2D eigenvalue weighted by atomic mass is 16.5. The molecule has 6 rings (SSSR count). The largest absolute Gasteiger partial charge is 0.487 e. The van der Waals surface area contributed by atoms with Gasteiger partial charge in [-0.25, -0.2) is 4.68 Å². The van der Waals surface area contributed by atoms with E-state index in [2.05, 4.69) is 15.6 Å². The molecule has 1 aromatic carbocycles. The van der Waals surface area contributed by atoms with Gasteiger partial charge in [-0.05, 0) is 30.9 Å². The van der Waals surface area contributed by atoms with Crippen molar-refractivity contribution >= 4 is 5.91 Å². The topological polar surface area (TPSA) is 73.5 Å². The summed E-state index contributed by atoms with van der Waals surface area (Å²) < 4.78 is 7.70. The van der Waals surface area contributed by atoms with E-state index in [1.54, 1.807) is 4.90 Å². The maximum atomic E-state index is 12.5. The van der Waals surface area contributed by atoms with E-state index in [-0.39, 0.29) is 5.92 Å². The normalized spacial score (nSPS) is 28.9. The van der Waals surface area contributed by atoms with E-state index in [1.165, 1.54) is 13.0 Å². The van der Waals surface area contributed by atoms with Gasteiger partial charge < -0.3 is 15.0 Å². The molecule has 7 heteroatoms. The Morgan fingerprint density at radius 1 is 1.25 bits per heavy atom. The number of nitrogens with zero attached hydrogens (tertiary/aromatic N) is 3. The molecule has 1 saturated carbocycles. The highest BCUT2D eigenvalue weighted by molar-refractivity contribution is 5.79. The van der Waals surface area contributed by atoms with Crippen LogP contribution in [0.15, 0.2) is 36.5 Å². The molecule has 4 atom stereocenters. The zero-order valence-corrected chi connectivity index (χ0v) is 16.1. The van der Waals surface area contributed by atoms with Crippen LogP contribution in [0.1, 0.15) is 31.4 Å². The summed E-state index contributed by atoms with van der Waals surface area (Å²) in [6, 6.07) is 10.7. The summed E-state index contributed by atoms with van der Waals surface area (Å²) in [5.74, 6) is 1.86. The summed E-state index contributed by atoms with van der Waals surface area (Å²) in [5.41, 5.74) is 0.844. The number of fused-ring (bicyclic) bond motifs is 3. The maximum absolute atomic E-state index is 12.5. The van der Waals surface area contributed by atoms with Gasteiger partial charge >= 0.3 is 0 Å². The van der Waals surface area contributed by atoms with Gasteiger partial charge in [-0.2, -0.15) is 0 Å². The van der Waals surface area contributed by atoms with Gasteiger partial charge in [0.2, 0.25) is 5.91 Å². The van der Waals surface area contributed by atoms with E-state index >= 15 is 0 Å². The van der Waals surface area contributed by atoms with Crippen molar-refractivity contribution in [2.45, 2.75) is 50.9 Å². The Hall–Kier alpha value is -2.41. The monoisotopic (exact) mass is 382 g/mol. The van der Waals surface area contributed by atoms with E-state index < -0.39 is 0 Å². The van der Waals surface area contributed by atoms with Gasteiger partial charge in [0.05, 0.1) is 31.7 Å². The lowest BCUT2D eigenvalue weighted by atomic mass is 9.75. The number of carbonyl (C=O) groups is 1. The standard InChI is InChI=1S/C21H27N5O2/c27-21(22-16-6-7-16)20-13-25-9-8-15(20)10-18(25)12-26-11-17(23-24-26)14-28-19-4-2-1-3-5-19/h1-5,11,15-16,18,20H,6-10,12-14H2,(H,22,27)/p+1/t15-,18-,20+/m1/s1. The van der Waals surface area contributed by atoms with Crippen molar-refractivity contribution in [2.24, 2.45) is 11.8 Å². The van der Waals surface area contributed by atoms with E-state index in [0.29, 0.717) is 30.5 Å². The van der Waals surface area contributed by atoms with E-state index in [9.17, 15) is 4.79 Å². The van der Waals surface area contributed by atoms with Crippen LogP contribution in [0.4, 0.5) is 0 Å². The molecule has 7 nitrogen and oxygen atoms in total. The van der Waals surface area contributed by atoms with Gasteiger partial charge in [0.25, 0.3) is 0 Å². The average molecular weight is 382 g/mol. The summed E-state index contributed by atoms with van der Waals surface area (Å²) in [5, 5.41) is 11.8. The van der Waals surface area contributed by atoms with Crippen LogP contribution in [0.5, 0.6) is 5.75 Å². The minimum absolute atomic E-state index is 0.200. The zero-order valence-electron chi connectivity index (χ0n) is 16.1. The summed E-state index contributed by atoms with van der Waals surface area (Å²) in [7, 11) is 0. The first-order valence-corrected chi connectivity index (χ1v) is 10.5. The minimum Gasteiger partial charge on any atom is -0.487 e. The number of para-hydroxylation sites is 1. The summed E-state index contributed by atoms with van der Waals surface area (Å²) >= 11 is 0. The van der Waals surface area contributed by atoms with Crippen molar-refractivity contribution in [2.75, 3.05) is 13.1 Å². The second-order valence-corrected chi connectivity index (χ2v) is 8.52. The van der Waals surface area contributed by atoms with Gasteiger partial charge in [-0.15, -0.1) is 5.10 Å². The predicted molar refractivity (Wildman–Crippen MR) is 103 cm³/mol. The second kappa shape index (κ2) is 7.54. The molecule has 1 aromatic heterocycles. The molecule has 4 heterocycles. The fourth-order valence-corrected chi connectivity index (χ4v) is 4.75. The third kappa shape index (κ3) is 3.90. The molecule has 3 saturated heterocycles. The fraction of sp³-hybridized carbons (Fsp3) is 0.571. The van der Waals surface area contributed by atoms with Crippen molar-refractivity contribution in [3.63, 3.8) is 0 Å². The van der Waals surface area contributed by atoms with Crippen LogP contribution >= 0.6 is 0 Å². The number of nitrogens with one attached hydrogen (secondary N) is 2. The lowest BCUT2D eigenvalue weighted by Crippen LogP contribution is -3.20. The first kappa shape index (κ1) is 17.7. The van der Waals surface area contributed by atoms with Gasteiger partial charge in [0.15, 0.2) is 0 Å². The Balaban J connectivity index is 1.15. The number of hydrogen-bond donors (Lipinski definition) is 2. The van der Waals surface area contributed by atoms with Crippen molar-refractivity contribution in [3.8, 4) is 5.75 Å². The minimum atomic E-state index is 0.200. The number of aromatic nitrogens is 3. The lowest BCUT2D eigenvalue weighted by Gasteiger charge is -2.46.